The summed E-state index contributed by atoms with van der Waals surface area (Å²) in [5.74, 6) is 1.76. The maximum atomic E-state index is 5.59. The van der Waals surface area contributed by atoms with Crippen molar-refractivity contribution in [1.82, 2.24) is 5.32 Å². The summed E-state index contributed by atoms with van der Waals surface area (Å²) >= 11 is 0. The minimum atomic E-state index is 0.641. The van der Waals surface area contributed by atoms with Crippen molar-refractivity contribution in [1.29, 1.82) is 0 Å². The van der Waals surface area contributed by atoms with Crippen molar-refractivity contribution in [2.75, 3.05) is 19.8 Å². The van der Waals surface area contributed by atoms with E-state index in [0.29, 0.717) is 19.3 Å². The van der Waals surface area contributed by atoms with E-state index in [1.165, 1.54) is 18.4 Å². The molecule has 0 unspecified atom stereocenters. The molecule has 0 aromatic heterocycles. The fraction of sp³-hybridized carbons (Fsp3) is 0.600. The van der Waals surface area contributed by atoms with Crippen LogP contribution in [-0.2, 0) is 6.42 Å². The minimum Gasteiger partial charge on any atom is -0.486 e. The Morgan fingerprint density at radius 3 is 2.56 bits per heavy atom. The fourth-order valence-corrected chi connectivity index (χ4v) is 2.24. The summed E-state index contributed by atoms with van der Waals surface area (Å²) in [6.07, 6.45) is 3.42. The van der Waals surface area contributed by atoms with Crippen LogP contribution in [0.5, 0.6) is 11.5 Å². The SMILES string of the molecule is CCC(CC)NCCc1ccc2c(c1)OCCO2. The Labute approximate surface area is 109 Å². The van der Waals surface area contributed by atoms with Crippen LogP contribution in [0.15, 0.2) is 18.2 Å². The smallest absolute Gasteiger partial charge is 0.161 e. The number of nitrogens with one attached hydrogen (secondary N) is 1. The first-order valence-electron chi connectivity index (χ1n) is 6.95. The van der Waals surface area contributed by atoms with Gasteiger partial charge in [0.2, 0.25) is 0 Å². The molecule has 0 saturated carbocycles. The summed E-state index contributed by atoms with van der Waals surface area (Å²) in [6.45, 7) is 6.79. The van der Waals surface area contributed by atoms with Crippen LogP contribution in [0.4, 0.5) is 0 Å². The van der Waals surface area contributed by atoms with Crippen LogP contribution in [-0.4, -0.2) is 25.8 Å². The molecule has 0 fully saturated rings. The molecule has 0 saturated heterocycles. The van der Waals surface area contributed by atoms with Gasteiger partial charge in [-0.1, -0.05) is 19.9 Å². The molecule has 0 spiro atoms. The lowest BCUT2D eigenvalue weighted by Gasteiger charge is -2.19. The summed E-state index contributed by atoms with van der Waals surface area (Å²) in [6, 6.07) is 6.88. The topological polar surface area (TPSA) is 30.5 Å². The molecule has 0 radical (unpaired) electrons. The van der Waals surface area contributed by atoms with Gasteiger partial charge in [0, 0.05) is 6.04 Å². The Bertz CT molecular complexity index is 375. The summed E-state index contributed by atoms with van der Waals surface area (Å²) in [4.78, 5) is 0. The second-order valence-electron chi connectivity index (χ2n) is 4.70. The number of rotatable bonds is 6. The average Bonchev–Trinajstić information content (AvgIpc) is 2.43. The second kappa shape index (κ2) is 6.64. The van der Waals surface area contributed by atoms with E-state index in [1.807, 2.05) is 6.07 Å². The Hall–Kier alpha value is -1.22. The number of benzene rings is 1. The number of ether oxygens (including phenoxy) is 2. The number of hydrogen-bond acceptors (Lipinski definition) is 3. The van der Waals surface area contributed by atoms with Crippen molar-refractivity contribution in [2.24, 2.45) is 0 Å². The standard InChI is InChI=1S/C15H23NO2/c1-3-13(4-2)16-8-7-12-5-6-14-15(11-12)18-10-9-17-14/h5-6,11,13,16H,3-4,7-10H2,1-2H3. The van der Waals surface area contributed by atoms with Crippen molar-refractivity contribution in [3.05, 3.63) is 23.8 Å². The normalized spacial score (nSPS) is 13.9. The molecule has 1 heterocycles. The van der Waals surface area contributed by atoms with Crippen molar-refractivity contribution in [2.45, 2.75) is 39.2 Å². The highest BCUT2D eigenvalue weighted by molar-refractivity contribution is 5.43. The number of fused-ring (bicyclic) bond motifs is 1. The van der Waals surface area contributed by atoms with Crippen LogP contribution >= 0.6 is 0 Å². The van der Waals surface area contributed by atoms with E-state index in [0.717, 1.165) is 24.5 Å². The van der Waals surface area contributed by atoms with Gasteiger partial charge in [0.05, 0.1) is 0 Å². The van der Waals surface area contributed by atoms with Gasteiger partial charge in [-0.15, -0.1) is 0 Å². The van der Waals surface area contributed by atoms with Gasteiger partial charge in [-0.2, -0.15) is 0 Å². The van der Waals surface area contributed by atoms with Crippen molar-refractivity contribution in [3.8, 4) is 11.5 Å². The van der Waals surface area contributed by atoms with Gasteiger partial charge < -0.3 is 14.8 Å². The highest BCUT2D eigenvalue weighted by atomic mass is 16.6. The van der Waals surface area contributed by atoms with E-state index < -0.39 is 0 Å². The Balaban J connectivity index is 1.86. The molecule has 3 heteroatoms. The predicted molar refractivity (Wildman–Crippen MR) is 73.5 cm³/mol. The van der Waals surface area contributed by atoms with E-state index in [2.05, 4.69) is 31.3 Å². The van der Waals surface area contributed by atoms with E-state index in [4.69, 9.17) is 9.47 Å². The minimum absolute atomic E-state index is 0.641. The molecular weight excluding hydrogens is 226 g/mol. The highest BCUT2D eigenvalue weighted by Gasteiger charge is 2.11. The maximum absolute atomic E-state index is 5.59. The van der Waals surface area contributed by atoms with Crippen LogP contribution in [0.3, 0.4) is 0 Å². The molecule has 3 nitrogen and oxygen atoms in total. The molecule has 1 aliphatic heterocycles. The third kappa shape index (κ3) is 3.39. The maximum Gasteiger partial charge on any atom is 0.161 e. The zero-order chi connectivity index (χ0) is 12.8. The van der Waals surface area contributed by atoms with Gasteiger partial charge >= 0.3 is 0 Å². The van der Waals surface area contributed by atoms with Crippen LogP contribution in [0.1, 0.15) is 32.3 Å². The van der Waals surface area contributed by atoms with Gasteiger partial charge in [-0.3, -0.25) is 0 Å². The Morgan fingerprint density at radius 2 is 1.83 bits per heavy atom. The van der Waals surface area contributed by atoms with Gasteiger partial charge in [-0.25, -0.2) is 0 Å². The summed E-state index contributed by atoms with van der Waals surface area (Å²) in [5.41, 5.74) is 1.30. The summed E-state index contributed by atoms with van der Waals surface area (Å²) in [5, 5.41) is 3.58. The van der Waals surface area contributed by atoms with Gasteiger partial charge in [-0.05, 0) is 43.5 Å². The molecule has 0 atom stereocenters. The molecule has 0 bridgehead atoms. The molecule has 1 aliphatic rings. The second-order valence-corrected chi connectivity index (χ2v) is 4.70. The van der Waals surface area contributed by atoms with Gasteiger partial charge in [0.15, 0.2) is 11.5 Å². The van der Waals surface area contributed by atoms with Gasteiger partial charge in [0.1, 0.15) is 13.2 Å². The third-order valence-corrected chi connectivity index (χ3v) is 3.44. The molecule has 100 valence electrons. The number of hydrogen-bond donors (Lipinski definition) is 1. The predicted octanol–water partition coefficient (Wildman–Crippen LogP) is 2.78. The lowest BCUT2D eigenvalue weighted by Crippen LogP contribution is -2.29. The van der Waals surface area contributed by atoms with Crippen LogP contribution < -0.4 is 14.8 Å². The zero-order valence-corrected chi connectivity index (χ0v) is 11.4. The molecule has 0 amide bonds. The third-order valence-electron chi connectivity index (χ3n) is 3.44. The molecule has 0 aliphatic carbocycles. The molecule has 1 aromatic rings. The quantitative estimate of drug-likeness (QED) is 0.841. The van der Waals surface area contributed by atoms with E-state index in [1.54, 1.807) is 0 Å². The molecule has 18 heavy (non-hydrogen) atoms. The molecule has 1 aromatic carbocycles. The molecule has 1 N–H and O–H groups in total. The Morgan fingerprint density at radius 1 is 1.11 bits per heavy atom. The van der Waals surface area contributed by atoms with E-state index >= 15 is 0 Å². The fourth-order valence-electron chi connectivity index (χ4n) is 2.24. The van der Waals surface area contributed by atoms with Crippen LogP contribution in [0.25, 0.3) is 0 Å². The van der Waals surface area contributed by atoms with Crippen molar-refractivity contribution >= 4 is 0 Å². The largest absolute Gasteiger partial charge is 0.486 e. The van der Waals surface area contributed by atoms with Crippen LogP contribution in [0, 0.1) is 0 Å². The average molecular weight is 249 g/mol. The Kier molecular flexibility index (Phi) is 4.88. The molecule has 2 rings (SSSR count). The van der Waals surface area contributed by atoms with Crippen molar-refractivity contribution in [3.63, 3.8) is 0 Å². The van der Waals surface area contributed by atoms with Gasteiger partial charge in [0.25, 0.3) is 0 Å². The van der Waals surface area contributed by atoms with E-state index in [9.17, 15) is 0 Å². The highest BCUT2D eigenvalue weighted by Crippen LogP contribution is 2.30. The first kappa shape index (κ1) is 13.2. The lowest BCUT2D eigenvalue weighted by molar-refractivity contribution is 0.171. The summed E-state index contributed by atoms with van der Waals surface area (Å²) in [7, 11) is 0. The van der Waals surface area contributed by atoms with E-state index in [-0.39, 0.29) is 0 Å². The monoisotopic (exact) mass is 249 g/mol. The first-order valence-corrected chi connectivity index (χ1v) is 6.95. The lowest BCUT2D eigenvalue weighted by atomic mass is 10.1. The van der Waals surface area contributed by atoms with Crippen molar-refractivity contribution < 1.29 is 9.47 Å². The summed E-state index contributed by atoms with van der Waals surface area (Å²) < 4.78 is 11.1. The zero-order valence-electron chi connectivity index (χ0n) is 11.4. The molecular formula is C15H23NO2. The first-order chi connectivity index (χ1) is 8.83. The van der Waals surface area contributed by atoms with Crippen LogP contribution in [0.2, 0.25) is 0 Å².